The van der Waals surface area contributed by atoms with Crippen LogP contribution in [-0.4, -0.2) is 10.8 Å². The van der Waals surface area contributed by atoms with Crippen LogP contribution in [0.3, 0.4) is 0 Å². The maximum atomic E-state index is 13.4. The molecule has 0 radical (unpaired) electrons. The van der Waals surface area contributed by atoms with Crippen LogP contribution in [0.25, 0.3) is 10.2 Å². The summed E-state index contributed by atoms with van der Waals surface area (Å²) in [5.74, 6) is -0.451. The summed E-state index contributed by atoms with van der Waals surface area (Å²) < 4.78 is 14.8. The highest BCUT2D eigenvalue weighted by Crippen LogP contribution is 2.23. The molecule has 3 rings (SSSR count). The number of ketones is 1. The Morgan fingerprint density at radius 2 is 2.05 bits per heavy atom. The van der Waals surface area contributed by atoms with E-state index in [0.717, 1.165) is 10.2 Å². The second-order valence-electron chi connectivity index (χ2n) is 4.34. The van der Waals surface area contributed by atoms with E-state index in [0.29, 0.717) is 15.0 Å². The zero-order valence-corrected chi connectivity index (χ0v) is 12.7. The van der Waals surface area contributed by atoms with Gasteiger partial charge in [-0.15, -0.1) is 11.3 Å². The van der Waals surface area contributed by atoms with Gasteiger partial charge in [-0.3, -0.25) is 4.79 Å². The number of halogens is 2. The van der Waals surface area contributed by atoms with E-state index in [1.54, 1.807) is 12.1 Å². The van der Waals surface area contributed by atoms with Gasteiger partial charge in [0.2, 0.25) is 0 Å². The first-order valence-electron chi connectivity index (χ1n) is 5.96. The third-order valence-electron chi connectivity index (χ3n) is 2.88. The Labute approximate surface area is 127 Å². The van der Waals surface area contributed by atoms with E-state index < -0.39 is 0 Å². The average Bonchev–Trinajstić information content (AvgIpc) is 2.87. The van der Waals surface area contributed by atoms with Crippen molar-refractivity contribution in [3.8, 4) is 0 Å². The van der Waals surface area contributed by atoms with E-state index in [-0.39, 0.29) is 18.0 Å². The van der Waals surface area contributed by atoms with E-state index in [4.69, 9.17) is 0 Å². The van der Waals surface area contributed by atoms with E-state index >= 15 is 0 Å². The number of hydrogen-bond donors (Lipinski definition) is 0. The van der Waals surface area contributed by atoms with E-state index in [1.807, 2.05) is 24.3 Å². The standard InChI is InChI=1S/C15H9BrFNOS/c16-10-6-5-9(7-11(10)17)8-13(19)15-18-12-3-1-2-4-14(12)20-15/h1-7H,8H2. The van der Waals surface area contributed by atoms with Gasteiger partial charge in [-0.25, -0.2) is 9.37 Å². The lowest BCUT2D eigenvalue weighted by Crippen LogP contribution is -2.03. The number of rotatable bonds is 3. The zero-order valence-electron chi connectivity index (χ0n) is 10.3. The van der Waals surface area contributed by atoms with E-state index in [1.165, 1.54) is 17.4 Å². The van der Waals surface area contributed by atoms with Crippen molar-refractivity contribution < 1.29 is 9.18 Å². The normalized spacial score (nSPS) is 10.9. The number of hydrogen-bond acceptors (Lipinski definition) is 3. The lowest BCUT2D eigenvalue weighted by Gasteiger charge is -2.00. The van der Waals surface area contributed by atoms with Crippen molar-refractivity contribution in [1.82, 2.24) is 4.98 Å². The first-order chi connectivity index (χ1) is 9.63. The summed E-state index contributed by atoms with van der Waals surface area (Å²) in [6, 6.07) is 12.3. The van der Waals surface area contributed by atoms with Gasteiger partial charge in [-0.05, 0) is 45.8 Å². The largest absolute Gasteiger partial charge is 0.291 e. The quantitative estimate of drug-likeness (QED) is 0.645. The number of carbonyl (C=O) groups is 1. The SMILES string of the molecule is O=C(Cc1ccc(Br)c(F)c1)c1nc2ccccc2s1. The minimum atomic E-state index is -0.361. The van der Waals surface area contributed by atoms with Crippen LogP contribution < -0.4 is 0 Å². The number of Topliss-reactive ketones (excluding diaryl/α,β-unsaturated/α-hetero) is 1. The topological polar surface area (TPSA) is 30.0 Å². The van der Waals surface area contributed by atoms with Gasteiger partial charge in [0.15, 0.2) is 10.8 Å². The smallest absolute Gasteiger partial charge is 0.195 e. The summed E-state index contributed by atoms with van der Waals surface area (Å²) in [5.41, 5.74) is 1.47. The lowest BCUT2D eigenvalue weighted by molar-refractivity contribution is 0.0993. The number of benzene rings is 2. The summed E-state index contributed by atoms with van der Waals surface area (Å²) in [6.07, 6.45) is 0.157. The molecule has 0 bridgehead atoms. The highest BCUT2D eigenvalue weighted by molar-refractivity contribution is 9.10. The maximum absolute atomic E-state index is 13.4. The second-order valence-corrected chi connectivity index (χ2v) is 6.22. The Bertz CT molecular complexity index is 766. The fraction of sp³-hybridized carbons (Fsp3) is 0.0667. The number of para-hydroxylation sites is 1. The Morgan fingerprint density at radius 1 is 1.25 bits per heavy atom. The molecule has 0 aliphatic heterocycles. The van der Waals surface area contributed by atoms with Gasteiger partial charge in [0, 0.05) is 6.42 Å². The molecule has 0 unspecified atom stereocenters. The minimum Gasteiger partial charge on any atom is -0.291 e. The summed E-state index contributed by atoms with van der Waals surface area (Å²) in [4.78, 5) is 16.5. The monoisotopic (exact) mass is 349 g/mol. The fourth-order valence-corrected chi connectivity index (χ4v) is 3.05. The predicted molar refractivity (Wildman–Crippen MR) is 81.8 cm³/mol. The summed E-state index contributed by atoms with van der Waals surface area (Å²) in [7, 11) is 0. The van der Waals surface area contributed by atoms with Crippen molar-refractivity contribution in [3.63, 3.8) is 0 Å². The molecule has 0 spiro atoms. The maximum Gasteiger partial charge on any atom is 0.195 e. The summed E-state index contributed by atoms with van der Waals surface area (Å²) >= 11 is 4.46. The molecule has 5 heteroatoms. The number of nitrogens with zero attached hydrogens (tertiary/aromatic N) is 1. The zero-order chi connectivity index (χ0) is 14.1. The van der Waals surface area contributed by atoms with Crippen molar-refractivity contribution in [2.75, 3.05) is 0 Å². The van der Waals surface area contributed by atoms with Gasteiger partial charge in [-0.1, -0.05) is 18.2 Å². The Balaban J connectivity index is 1.86. The van der Waals surface area contributed by atoms with Gasteiger partial charge in [0.05, 0.1) is 14.7 Å². The summed E-state index contributed by atoms with van der Waals surface area (Å²) in [6.45, 7) is 0. The predicted octanol–water partition coefficient (Wildman–Crippen LogP) is 4.62. The van der Waals surface area contributed by atoms with Crippen LogP contribution in [0.15, 0.2) is 46.9 Å². The van der Waals surface area contributed by atoms with Crippen LogP contribution in [0.5, 0.6) is 0 Å². The fourth-order valence-electron chi connectivity index (χ4n) is 1.90. The Morgan fingerprint density at radius 3 is 2.80 bits per heavy atom. The molecule has 0 aliphatic rings. The molecule has 3 aromatic rings. The van der Waals surface area contributed by atoms with Gasteiger partial charge < -0.3 is 0 Å². The molecule has 0 saturated carbocycles. The Kier molecular flexibility index (Phi) is 3.63. The first-order valence-corrected chi connectivity index (χ1v) is 7.57. The molecule has 0 saturated heterocycles. The molecule has 0 aliphatic carbocycles. The molecule has 0 fully saturated rings. The number of carbonyl (C=O) groups excluding carboxylic acids is 1. The van der Waals surface area contributed by atoms with E-state index in [9.17, 15) is 9.18 Å². The van der Waals surface area contributed by atoms with Crippen molar-refractivity contribution in [2.45, 2.75) is 6.42 Å². The van der Waals surface area contributed by atoms with Crippen LogP contribution in [0, 0.1) is 5.82 Å². The molecule has 0 N–H and O–H groups in total. The molecular weight excluding hydrogens is 341 g/mol. The van der Waals surface area contributed by atoms with E-state index in [2.05, 4.69) is 20.9 Å². The molecule has 2 aromatic carbocycles. The van der Waals surface area contributed by atoms with Crippen LogP contribution in [0.1, 0.15) is 15.4 Å². The van der Waals surface area contributed by atoms with Crippen LogP contribution >= 0.6 is 27.3 Å². The van der Waals surface area contributed by atoms with Gasteiger partial charge in [-0.2, -0.15) is 0 Å². The average molecular weight is 350 g/mol. The molecule has 2 nitrogen and oxygen atoms in total. The Hall–Kier alpha value is -1.59. The molecule has 1 aromatic heterocycles. The van der Waals surface area contributed by atoms with Crippen molar-refractivity contribution in [3.05, 3.63) is 63.3 Å². The molecule has 0 atom stereocenters. The van der Waals surface area contributed by atoms with Gasteiger partial charge >= 0.3 is 0 Å². The van der Waals surface area contributed by atoms with Gasteiger partial charge in [0.1, 0.15) is 5.82 Å². The third kappa shape index (κ3) is 2.64. The first kappa shape index (κ1) is 13.4. The van der Waals surface area contributed by atoms with Crippen LogP contribution in [0.4, 0.5) is 4.39 Å². The highest BCUT2D eigenvalue weighted by Gasteiger charge is 2.13. The lowest BCUT2D eigenvalue weighted by atomic mass is 10.1. The molecule has 1 heterocycles. The molecule has 20 heavy (non-hydrogen) atoms. The van der Waals surface area contributed by atoms with Crippen LogP contribution in [-0.2, 0) is 6.42 Å². The summed E-state index contributed by atoms with van der Waals surface area (Å²) in [5, 5.41) is 0.467. The number of thiazole rings is 1. The van der Waals surface area contributed by atoms with Crippen molar-refractivity contribution >= 4 is 43.3 Å². The molecular formula is C15H9BrFNOS. The van der Waals surface area contributed by atoms with Gasteiger partial charge in [0.25, 0.3) is 0 Å². The second kappa shape index (κ2) is 5.42. The third-order valence-corrected chi connectivity index (χ3v) is 4.60. The highest BCUT2D eigenvalue weighted by atomic mass is 79.9. The van der Waals surface area contributed by atoms with Crippen LogP contribution in [0.2, 0.25) is 0 Å². The van der Waals surface area contributed by atoms with Crippen molar-refractivity contribution in [2.24, 2.45) is 0 Å². The molecule has 0 amide bonds. The molecule has 100 valence electrons. The minimum absolute atomic E-state index is 0.0899. The number of aromatic nitrogens is 1. The number of fused-ring (bicyclic) bond motifs is 1. The van der Waals surface area contributed by atoms with Crippen molar-refractivity contribution in [1.29, 1.82) is 0 Å².